The van der Waals surface area contributed by atoms with Gasteiger partial charge < -0.3 is 4.74 Å². The first-order chi connectivity index (χ1) is 6.34. The first-order valence-corrected chi connectivity index (χ1v) is 5.20. The lowest BCUT2D eigenvalue weighted by Crippen LogP contribution is -1.97. The molecular weight excluding hydrogens is 180 g/mol. The van der Waals surface area contributed by atoms with Crippen LogP contribution in [-0.4, -0.2) is 6.61 Å². The molecule has 0 aliphatic rings. The SMILES string of the molecule is CCCCCOc1ccccc1S. The average molecular weight is 196 g/mol. The second-order valence-corrected chi connectivity index (χ2v) is 3.51. The first kappa shape index (κ1) is 10.5. The molecule has 0 unspecified atom stereocenters. The summed E-state index contributed by atoms with van der Waals surface area (Å²) in [5, 5.41) is 0. The molecule has 0 heterocycles. The van der Waals surface area contributed by atoms with E-state index in [0.29, 0.717) is 0 Å². The van der Waals surface area contributed by atoms with Crippen LogP contribution in [0.5, 0.6) is 5.75 Å². The fourth-order valence-corrected chi connectivity index (χ4v) is 1.34. The molecule has 1 nitrogen and oxygen atoms in total. The van der Waals surface area contributed by atoms with Crippen molar-refractivity contribution in [1.82, 2.24) is 0 Å². The van der Waals surface area contributed by atoms with Crippen molar-refractivity contribution in [3.8, 4) is 5.75 Å². The molecule has 0 saturated carbocycles. The van der Waals surface area contributed by atoms with E-state index in [1.807, 2.05) is 24.3 Å². The number of ether oxygens (including phenoxy) is 1. The predicted octanol–water partition coefficient (Wildman–Crippen LogP) is 3.54. The molecular formula is C11H16OS. The Morgan fingerprint density at radius 1 is 1.23 bits per heavy atom. The van der Waals surface area contributed by atoms with Crippen LogP contribution in [0.4, 0.5) is 0 Å². The molecule has 0 amide bonds. The molecule has 1 aromatic rings. The summed E-state index contributed by atoms with van der Waals surface area (Å²) in [7, 11) is 0. The molecule has 0 radical (unpaired) electrons. The maximum Gasteiger partial charge on any atom is 0.132 e. The van der Waals surface area contributed by atoms with Gasteiger partial charge in [0, 0.05) is 4.90 Å². The van der Waals surface area contributed by atoms with Gasteiger partial charge in [0.15, 0.2) is 0 Å². The fraction of sp³-hybridized carbons (Fsp3) is 0.455. The Bertz CT molecular complexity index is 248. The highest BCUT2D eigenvalue weighted by Gasteiger charge is 1.96. The highest BCUT2D eigenvalue weighted by molar-refractivity contribution is 7.80. The van der Waals surface area contributed by atoms with Gasteiger partial charge in [-0.1, -0.05) is 31.9 Å². The zero-order valence-corrected chi connectivity index (χ0v) is 8.89. The lowest BCUT2D eigenvalue weighted by molar-refractivity contribution is 0.299. The second-order valence-electron chi connectivity index (χ2n) is 3.02. The van der Waals surface area contributed by atoms with Gasteiger partial charge in [0.2, 0.25) is 0 Å². The van der Waals surface area contributed by atoms with Crippen LogP contribution in [0.15, 0.2) is 29.2 Å². The van der Waals surface area contributed by atoms with Crippen molar-refractivity contribution in [3.05, 3.63) is 24.3 Å². The molecule has 0 aliphatic carbocycles. The summed E-state index contributed by atoms with van der Waals surface area (Å²) < 4.78 is 5.56. The Kier molecular flexibility index (Phi) is 4.76. The Hall–Kier alpha value is -0.630. The Morgan fingerprint density at radius 3 is 2.69 bits per heavy atom. The normalized spacial score (nSPS) is 10.0. The summed E-state index contributed by atoms with van der Waals surface area (Å²) in [6.07, 6.45) is 3.58. The number of thiol groups is 1. The van der Waals surface area contributed by atoms with Gasteiger partial charge in [0.1, 0.15) is 5.75 Å². The summed E-state index contributed by atoms with van der Waals surface area (Å²) in [6.45, 7) is 2.98. The van der Waals surface area contributed by atoms with Gasteiger partial charge in [0.05, 0.1) is 6.61 Å². The topological polar surface area (TPSA) is 9.23 Å². The fourth-order valence-electron chi connectivity index (χ4n) is 1.11. The van der Waals surface area contributed by atoms with Gasteiger partial charge in [-0.2, -0.15) is 0 Å². The van der Waals surface area contributed by atoms with E-state index in [9.17, 15) is 0 Å². The van der Waals surface area contributed by atoms with E-state index >= 15 is 0 Å². The van der Waals surface area contributed by atoms with Crippen molar-refractivity contribution in [2.24, 2.45) is 0 Å². The van der Waals surface area contributed by atoms with Crippen molar-refractivity contribution >= 4 is 12.6 Å². The monoisotopic (exact) mass is 196 g/mol. The molecule has 0 aliphatic heterocycles. The predicted molar refractivity (Wildman–Crippen MR) is 58.7 cm³/mol. The van der Waals surface area contributed by atoms with Crippen molar-refractivity contribution < 1.29 is 4.74 Å². The number of para-hydroxylation sites is 1. The average Bonchev–Trinajstić information content (AvgIpc) is 2.15. The number of rotatable bonds is 5. The largest absolute Gasteiger partial charge is 0.492 e. The smallest absolute Gasteiger partial charge is 0.132 e. The molecule has 0 saturated heterocycles. The number of benzene rings is 1. The summed E-state index contributed by atoms with van der Waals surface area (Å²) in [5.41, 5.74) is 0. The third kappa shape index (κ3) is 3.73. The third-order valence-corrected chi connectivity index (χ3v) is 2.24. The van der Waals surface area contributed by atoms with E-state index in [2.05, 4.69) is 19.6 Å². The maximum absolute atomic E-state index is 5.56. The van der Waals surface area contributed by atoms with E-state index in [1.54, 1.807) is 0 Å². The van der Waals surface area contributed by atoms with Crippen molar-refractivity contribution in [1.29, 1.82) is 0 Å². The van der Waals surface area contributed by atoms with Crippen LogP contribution in [0, 0.1) is 0 Å². The van der Waals surface area contributed by atoms with Crippen LogP contribution >= 0.6 is 12.6 Å². The second kappa shape index (κ2) is 5.92. The molecule has 72 valence electrons. The molecule has 0 N–H and O–H groups in total. The minimum Gasteiger partial charge on any atom is -0.492 e. The van der Waals surface area contributed by atoms with Crippen LogP contribution in [0.25, 0.3) is 0 Å². The molecule has 0 aromatic heterocycles. The summed E-state index contributed by atoms with van der Waals surface area (Å²) in [4.78, 5) is 0.916. The Balaban J connectivity index is 2.32. The van der Waals surface area contributed by atoms with Gasteiger partial charge >= 0.3 is 0 Å². The van der Waals surface area contributed by atoms with Crippen molar-refractivity contribution in [3.63, 3.8) is 0 Å². The van der Waals surface area contributed by atoms with Gasteiger partial charge in [-0.25, -0.2) is 0 Å². The van der Waals surface area contributed by atoms with Crippen LogP contribution < -0.4 is 4.74 Å². The summed E-state index contributed by atoms with van der Waals surface area (Å²) in [5.74, 6) is 0.891. The van der Waals surface area contributed by atoms with Gasteiger partial charge in [-0.15, -0.1) is 12.6 Å². The number of hydrogen-bond acceptors (Lipinski definition) is 2. The molecule has 1 rings (SSSR count). The number of hydrogen-bond donors (Lipinski definition) is 1. The van der Waals surface area contributed by atoms with Gasteiger partial charge in [0.25, 0.3) is 0 Å². The van der Waals surface area contributed by atoms with Crippen LogP contribution in [0.3, 0.4) is 0 Å². The molecule has 0 spiro atoms. The van der Waals surface area contributed by atoms with Gasteiger partial charge in [-0.05, 0) is 18.6 Å². The van der Waals surface area contributed by atoms with Crippen molar-refractivity contribution in [2.45, 2.75) is 31.1 Å². The minimum atomic E-state index is 0.797. The molecule has 1 aromatic carbocycles. The summed E-state index contributed by atoms with van der Waals surface area (Å²) in [6, 6.07) is 7.82. The molecule has 0 atom stereocenters. The zero-order valence-electron chi connectivity index (χ0n) is 7.99. The lowest BCUT2D eigenvalue weighted by Gasteiger charge is -2.07. The van der Waals surface area contributed by atoms with E-state index in [-0.39, 0.29) is 0 Å². The van der Waals surface area contributed by atoms with Crippen LogP contribution in [-0.2, 0) is 0 Å². The summed E-state index contributed by atoms with van der Waals surface area (Å²) >= 11 is 4.30. The number of unbranched alkanes of at least 4 members (excludes halogenated alkanes) is 2. The van der Waals surface area contributed by atoms with Crippen LogP contribution in [0.2, 0.25) is 0 Å². The third-order valence-electron chi connectivity index (χ3n) is 1.87. The molecule has 13 heavy (non-hydrogen) atoms. The first-order valence-electron chi connectivity index (χ1n) is 4.75. The molecule has 0 bridgehead atoms. The minimum absolute atomic E-state index is 0.797. The molecule has 2 heteroatoms. The zero-order chi connectivity index (χ0) is 9.52. The quantitative estimate of drug-likeness (QED) is 0.560. The van der Waals surface area contributed by atoms with E-state index < -0.39 is 0 Å². The lowest BCUT2D eigenvalue weighted by atomic mass is 10.3. The standard InChI is InChI=1S/C11H16OS/c1-2-3-6-9-12-10-7-4-5-8-11(10)13/h4-5,7-8,13H,2-3,6,9H2,1H3. The highest BCUT2D eigenvalue weighted by Crippen LogP contribution is 2.21. The van der Waals surface area contributed by atoms with Gasteiger partial charge in [-0.3, -0.25) is 0 Å². The highest BCUT2D eigenvalue weighted by atomic mass is 32.1. The van der Waals surface area contributed by atoms with E-state index in [1.165, 1.54) is 12.8 Å². The van der Waals surface area contributed by atoms with Crippen molar-refractivity contribution in [2.75, 3.05) is 6.61 Å². The van der Waals surface area contributed by atoms with E-state index in [4.69, 9.17) is 4.74 Å². The van der Waals surface area contributed by atoms with E-state index in [0.717, 1.165) is 23.7 Å². The Labute approximate surface area is 85.5 Å². The Morgan fingerprint density at radius 2 is 2.00 bits per heavy atom. The van der Waals surface area contributed by atoms with Crippen LogP contribution in [0.1, 0.15) is 26.2 Å². The maximum atomic E-state index is 5.56. The molecule has 0 fully saturated rings.